The van der Waals surface area contributed by atoms with Gasteiger partial charge in [0.05, 0.1) is 16.0 Å². The lowest BCUT2D eigenvalue weighted by Gasteiger charge is -2.10. The van der Waals surface area contributed by atoms with Gasteiger partial charge in [0.25, 0.3) is 0 Å². The average Bonchev–Trinajstić information content (AvgIpc) is 3.15. The molecule has 4 aromatic rings. The second-order valence-electron chi connectivity index (χ2n) is 6.60. The number of benzene rings is 2. The van der Waals surface area contributed by atoms with E-state index in [1.807, 2.05) is 0 Å². The standard InChI is InChI=1S/C19H17F3N4O2S/c1-3-23-29(27,28)14-8-9-17-15(10-14)16-11-25(2)24-18(16)26(17)13-6-4-12(5-7-13)19(20,21)22/h4-11,23H,3H2,1-2H3. The van der Waals surface area contributed by atoms with Gasteiger partial charge in [0.1, 0.15) is 0 Å². The van der Waals surface area contributed by atoms with E-state index < -0.39 is 21.8 Å². The molecule has 0 amide bonds. The number of nitrogens with zero attached hydrogens (tertiary/aromatic N) is 3. The van der Waals surface area contributed by atoms with Crippen LogP contribution in [-0.2, 0) is 23.2 Å². The quantitative estimate of drug-likeness (QED) is 0.543. The number of rotatable bonds is 4. The summed E-state index contributed by atoms with van der Waals surface area (Å²) < 4.78 is 69.2. The first-order valence-electron chi connectivity index (χ1n) is 8.77. The molecular formula is C19H17F3N4O2S. The molecule has 6 nitrogen and oxygen atoms in total. The van der Waals surface area contributed by atoms with Crippen LogP contribution in [0, 0.1) is 0 Å². The number of aromatic nitrogens is 3. The van der Waals surface area contributed by atoms with E-state index in [9.17, 15) is 21.6 Å². The van der Waals surface area contributed by atoms with Gasteiger partial charge in [-0.25, -0.2) is 13.1 Å². The largest absolute Gasteiger partial charge is 0.416 e. The Morgan fingerprint density at radius 2 is 1.76 bits per heavy atom. The van der Waals surface area contributed by atoms with Crippen LogP contribution in [0.3, 0.4) is 0 Å². The number of nitrogens with one attached hydrogen (secondary N) is 1. The number of halogens is 3. The molecule has 0 aliphatic heterocycles. The number of hydrogen-bond acceptors (Lipinski definition) is 3. The fourth-order valence-corrected chi connectivity index (χ4v) is 4.44. The van der Waals surface area contributed by atoms with Crippen molar-refractivity contribution in [3.05, 3.63) is 54.2 Å². The lowest BCUT2D eigenvalue weighted by Crippen LogP contribution is -2.23. The van der Waals surface area contributed by atoms with Crippen molar-refractivity contribution in [1.29, 1.82) is 0 Å². The van der Waals surface area contributed by atoms with Crippen molar-refractivity contribution in [3.63, 3.8) is 0 Å². The van der Waals surface area contributed by atoms with Crippen molar-refractivity contribution in [2.45, 2.75) is 18.0 Å². The van der Waals surface area contributed by atoms with Crippen LogP contribution in [0.15, 0.2) is 53.6 Å². The molecule has 0 saturated heterocycles. The Labute approximate surface area is 164 Å². The minimum absolute atomic E-state index is 0.113. The third kappa shape index (κ3) is 3.28. The van der Waals surface area contributed by atoms with Crippen LogP contribution >= 0.6 is 0 Å². The first-order valence-corrected chi connectivity index (χ1v) is 10.3. The molecule has 2 aromatic carbocycles. The molecule has 29 heavy (non-hydrogen) atoms. The predicted molar refractivity (Wildman–Crippen MR) is 103 cm³/mol. The summed E-state index contributed by atoms with van der Waals surface area (Å²) in [4.78, 5) is 0.113. The highest BCUT2D eigenvalue weighted by molar-refractivity contribution is 7.89. The molecule has 0 radical (unpaired) electrons. The topological polar surface area (TPSA) is 68.9 Å². The molecular weight excluding hydrogens is 405 g/mol. The number of sulfonamides is 1. The number of alkyl halides is 3. The molecule has 0 unspecified atom stereocenters. The molecule has 0 aliphatic carbocycles. The van der Waals surface area contributed by atoms with E-state index in [1.54, 1.807) is 41.5 Å². The van der Waals surface area contributed by atoms with Gasteiger partial charge in [0.15, 0.2) is 5.65 Å². The molecule has 0 saturated carbocycles. The Balaban J connectivity index is 1.96. The highest BCUT2D eigenvalue weighted by Crippen LogP contribution is 2.34. The molecule has 2 aromatic heterocycles. The van der Waals surface area contributed by atoms with Gasteiger partial charge in [-0.2, -0.15) is 18.3 Å². The SMILES string of the molecule is CCNS(=O)(=O)c1ccc2c(c1)c1cn(C)nc1n2-c1ccc(C(F)(F)F)cc1. The van der Waals surface area contributed by atoms with E-state index in [0.29, 0.717) is 27.6 Å². The smallest absolute Gasteiger partial charge is 0.292 e. The molecule has 1 N–H and O–H groups in total. The molecule has 0 fully saturated rings. The molecule has 0 aliphatic rings. The summed E-state index contributed by atoms with van der Waals surface area (Å²) in [5.74, 6) is 0. The third-order valence-corrected chi connectivity index (χ3v) is 6.16. The molecule has 0 bridgehead atoms. The first kappa shape index (κ1) is 19.5. The second kappa shape index (κ2) is 6.60. The Morgan fingerprint density at radius 1 is 1.07 bits per heavy atom. The number of fused-ring (bicyclic) bond motifs is 3. The lowest BCUT2D eigenvalue weighted by atomic mass is 10.2. The average molecular weight is 422 g/mol. The Morgan fingerprint density at radius 3 is 2.38 bits per heavy atom. The Bertz CT molecular complexity index is 1320. The second-order valence-corrected chi connectivity index (χ2v) is 8.37. The third-order valence-electron chi connectivity index (χ3n) is 4.62. The van der Waals surface area contributed by atoms with Gasteiger partial charge in [0, 0.05) is 36.2 Å². The molecule has 152 valence electrons. The molecule has 10 heteroatoms. The maximum atomic E-state index is 12.9. The van der Waals surface area contributed by atoms with Gasteiger partial charge in [-0.1, -0.05) is 6.92 Å². The Hall–Kier alpha value is -2.85. The monoisotopic (exact) mass is 422 g/mol. The summed E-state index contributed by atoms with van der Waals surface area (Å²) in [7, 11) is -1.93. The summed E-state index contributed by atoms with van der Waals surface area (Å²) in [5, 5.41) is 5.77. The Kier molecular flexibility index (Phi) is 4.43. The van der Waals surface area contributed by atoms with E-state index in [2.05, 4.69) is 9.82 Å². The summed E-state index contributed by atoms with van der Waals surface area (Å²) in [6.45, 7) is 1.95. The van der Waals surface area contributed by atoms with Gasteiger partial charge in [0.2, 0.25) is 10.0 Å². The van der Waals surface area contributed by atoms with E-state index in [4.69, 9.17) is 0 Å². The maximum absolute atomic E-state index is 12.9. The van der Waals surface area contributed by atoms with Crippen LogP contribution in [0.1, 0.15) is 12.5 Å². The van der Waals surface area contributed by atoms with Crippen molar-refractivity contribution < 1.29 is 21.6 Å². The van der Waals surface area contributed by atoms with Gasteiger partial charge < -0.3 is 0 Å². The summed E-state index contributed by atoms with van der Waals surface area (Å²) in [6.07, 6.45) is -2.67. The van der Waals surface area contributed by atoms with E-state index in [1.165, 1.54) is 18.2 Å². The van der Waals surface area contributed by atoms with E-state index >= 15 is 0 Å². The summed E-state index contributed by atoms with van der Waals surface area (Å²) in [5.41, 5.74) is 0.937. The zero-order valence-corrected chi connectivity index (χ0v) is 16.3. The van der Waals surface area contributed by atoms with Crippen LogP contribution in [0.5, 0.6) is 0 Å². The minimum Gasteiger partial charge on any atom is -0.292 e. The van der Waals surface area contributed by atoms with Gasteiger partial charge >= 0.3 is 6.18 Å². The first-order chi connectivity index (χ1) is 13.6. The van der Waals surface area contributed by atoms with Crippen molar-refractivity contribution in [1.82, 2.24) is 19.1 Å². The van der Waals surface area contributed by atoms with Crippen LogP contribution in [-0.4, -0.2) is 29.3 Å². The van der Waals surface area contributed by atoms with Gasteiger partial charge in [-0.05, 0) is 42.5 Å². The van der Waals surface area contributed by atoms with E-state index in [0.717, 1.165) is 12.1 Å². The van der Waals surface area contributed by atoms with E-state index in [-0.39, 0.29) is 11.4 Å². The van der Waals surface area contributed by atoms with Gasteiger partial charge in [-0.3, -0.25) is 9.25 Å². The van der Waals surface area contributed by atoms with Crippen molar-refractivity contribution in [3.8, 4) is 5.69 Å². The van der Waals surface area contributed by atoms with Crippen LogP contribution in [0.2, 0.25) is 0 Å². The normalized spacial score (nSPS) is 12.9. The molecule has 2 heterocycles. The lowest BCUT2D eigenvalue weighted by molar-refractivity contribution is -0.137. The summed E-state index contributed by atoms with van der Waals surface area (Å²) >= 11 is 0. The van der Waals surface area contributed by atoms with Gasteiger partial charge in [-0.15, -0.1) is 0 Å². The molecule has 0 spiro atoms. The fourth-order valence-electron chi connectivity index (χ4n) is 3.37. The number of hydrogen-bond donors (Lipinski definition) is 1. The van der Waals surface area contributed by atoms with Crippen LogP contribution in [0.4, 0.5) is 13.2 Å². The van der Waals surface area contributed by atoms with Crippen molar-refractivity contribution in [2.24, 2.45) is 7.05 Å². The minimum atomic E-state index is -4.42. The molecule has 0 atom stereocenters. The summed E-state index contributed by atoms with van der Waals surface area (Å²) in [6, 6.07) is 9.44. The van der Waals surface area contributed by atoms with Crippen molar-refractivity contribution >= 4 is 32.0 Å². The van der Waals surface area contributed by atoms with Crippen molar-refractivity contribution in [2.75, 3.05) is 6.54 Å². The molecule has 4 rings (SSSR count). The fraction of sp³-hybridized carbons (Fsp3) is 0.211. The van der Waals surface area contributed by atoms with Crippen LogP contribution in [0.25, 0.3) is 27.6 Å². The highest BCUT2D eigenvalue weighted by atomic mass is 32.2. The number of aryl methyl sites for hydroxylation is 1. The highest BCUT2D eigenvalue weighted by Gasteiger charge is 2.30. The zero-order valence-electron chi connectivity index (χ0n) is 15.5. The maximum Gasteiger partial charge on any atom is 0.416 e. The predicted octanol–water partition coefficient (Wildman–Crippen LogP) is 3.83. The zero-order chi connectivity index (χ0) is 21.0. The van der Waals surface area contributed by atoms with Crippen LogP contribution < -0.4 is 4.72 Å².